The number of nitrogens with zero attached hydrogens (tertiary/aromatic N) is 1. The van der Waals surface area contributed by atoms with Gasteiger partial charge in [-0.3, -0.25) is 4.79 Å². The van der Waals surface area contributed by atoms with E-state index in [2.05, 4.69) is 10.2 Å². The molecule has 1 aromatic carbocycles. The van der Waals surface area contributed by atoms with Gasteiger partial charge in [0.1, 0.15) is 5.75 Å². The average molecular weight is 491 g/mol. The van der Waals surface area contributed by atoms with Gasteiger partial charge in [0.25, 0.3) is 0 Å². The quantitative estimate of drug-likeness (QED) is 0.484. The van der Waals surface area contributed by atoms with Crippen LogP contribution in [0.25, 0.3) is 0 Å². The van der Waals surface area contributed by atoms with Crippen molar-refractivity contribution in [1.82, 2.24) is 10.2 Å². The zero-order valence-corrected chi connectivity index (χ0v) is 22.4. The third-order valence-electron chi connectivity index (χ3n) is 7.43. The lowest BCUT2D eigenvalue weighted by Crippen LogP contribution is -2.43. The Morgan fingerprint density at radius 2 is 1.77 bits per heavy atom. The molecule has 2 N–H and O–H groups in total. The molecule has 0 spiro atoms. The molecule has 0 radical (unpaired) electrons. The molecule has 0 aliphatic heterocycles. The second-order valence-electron chi connectivity index (χ2n) is 10.2. The number of carbonyl (C=O) groups is 2. The summed E-state index contributed by atoms with van der Waals surface area (Å²) >= 11 is 0. The normalized spacial score (nSPS) is 23.6. The molecule has 0 bridgehead atoms. The highest BCUT2D eigenvalue weighted by Gasteiger charge is 2.41. The highest BCUT2D eigenvalue weighted by Crippen LogP contribution is 2.43. The van der Waals surface area contributed by atoms with Crippen molar-refractivity contribution in [3.8, 4) is 5.75 Å². The molecule has 1 amide bonds. The van der Waals surface area contributed by atoms with Crippen molar-refractivity contribution in [2.75, 3.05) is 34.3 Å². The average Bonchev–Trinajstić information content (AvgIpc) is 2.86. The zero-order valence-electron chi connectivity index (χ0n) is 22.4. The van der Waals surface area contributed by atoms with E-state index in [1.165, 1.54) is 7.11 Å². The minimum absolute atomic E-state index is 0.134. The van der Waals surface area contributed by atoms with Gasteiger partial charge in [-0.15, -0.1) is 0 Å². The number of carbonyl (C=O) groups excluding carboxylic acids is 2. The van der Waals surface area contributed by atoms with Crippen molar-refractivity contribution in [2.24, 2.45) is 11.3 Å². The topological polar surface area (TPSA) is 88.1 Å². The summed E-state index contributed by atoms with van der Waals surface area (Å²) in [5.74, 6) is 0.306. The van der Waals surface area contributed by atoms with E-state index in [0.717, 1.165) is 63.5 Å². The first-order valence-electron chi connectivity index (χ1n) is 13.3. The van der Waals surface area contributed by atoms with Gasteiger partial charge in [0, 0.05) is 19.0 Å². The summed E-state index contributed by atoms with van der Waals surface area (Å²) in [4.78, 5) is 26.7. The first-order valence-corrected chi connectivity index (χ1v) is 13.3. The zero-order chi connectivity index (χ0) is 25.9. The molecule has 0 heterocycles. The van der Waals surface area contributed by atoms with Crippen LogP contribution in [-0.2, 0) is 15.1 Å². The second-order valence-corrected chi connectivity index (χ2v) is 10.2. The molecular weight excluding hydrogens is 444 g/mol. The number of esters is 1. The van der Waals surface area contributed by atoms with Crippen LogP contribution in [0.1, 0.15) is 83.6 Å². The highest BCUT2D eigenvalue weighted by molar-refractivity contribution is 5.72. The van der Waals surface area contributed by atoms with Crippen LogP contribution >= 0.6 is 0 Å². The fourth-order valence-electron chi connectivity index (χ4n) is 5.62. The number of nitrogens with one attached hydrogen (secondary N) is 1. The highest BCUT2D eigenvalue weighted by atomic mass is 16.6. The Labute approximate surface area is 211 Å². The van der Waals surface area contributed by atoms with E-state index < -0.39 is 11.7 Å². The summed E-state index contributed by atoms with van der Waals surface area (Å²) in [5, 5.41) is 14.5. The Bertz CT molecular complexity index is 806. The molecule has 3 rings (SSSR count). The van der Waals surface area contributed by atoms with Crippen LogP contribution < -0.4 is 10.1 Å². The van der Waals surface area contributed by atoms with Crippen molar-refractivity contribution >= 4 is 12.1 Å². The minimum atomic E-state index is -0.926. The Balaban J connectivity index is 0.00000210. The number of ether oxygens (including phenoxy) is 2. The molecule has 0 unspecified atom stereocenters. The van der Waals surface area contributed by atoms with E-state index in [4.69, 9.17) is 9.47 Å². The molecule has 2 aliphatic rings. The van der Waals surface area contributed by atoms with Crippen molar-refractivity contribution in [3.63, 3.8) is 0 Å². The van der Waals surface area contributed by atoms with Crippen LogP contribution in [0.3, 0.4) is 0 Å². The van der Waals surface area contributed by atoms with Crippen molar-refractivity contribution in [3.05, 3.63) is 29.8 Å². The SMILES string of the molecule is CC.COC(=O)CC1(CNC(=O)Oc2cccc([C@@]3(O)CCCC[C@@H]3CN(C)C)c2)CCCCC1. The van der Waals surface area contributed by atoms with Gasteiger partial charge in [-0.05, 0) is 62.9 Å². The van der Waals surface area contributed by atoms with Crippen LogP contribution in [0.5, 0.6) is 5.75 Å². The van der Waals surface area contributed by atoms with E-state index in [1.54, 1.807) is 12.1 Å². The number of benzene rings is 1. The predicted octanol–water partition coefficient (Wildman–Crippen LogP) is 5.25. The Kier molecular flexibility index (Phi) is 11.5. The number of aliphatic hydroxyl groups is 1. The molecule has 2 fully saturated rings. The van der Waals surface area contributed by atoms with E-state index in [-0.39, 0.29) is 17.3 Å². The lowest BCUT2D eigenvalue weighted by Gasteiger charge is -2.41. The summed E-state index contributed by atoms with van der Waals surface area (Å²) in [6.45, 7) is 5.19. The molecule has 2 saturated carbocycles. The Morgan fingerprint density at radius 3 is 2.43 bits per heavy atom. The molecule has 2 atom stereocenters. The van der Waals surface area contributed by atoms with Gasteiger partial charge in [0.15, 0.2) is 0 Å². The molecule has 2 aliphatic carbocycles. The van der Waals surface area contributed by atoms with Crippen LogP contribution in [0, 0.1) is 11.3 Å². The van der Waals surface area contributed by atoms with Crippen LogP contribution in [0.2, 0.25) is 0 Å². The minimum Gasteiger partial charge on any atom is -0.469 e. The van der Waals surface area contributed by atoms with Gasteiger partial charge in [0.2, 0.25) is 0 Å². The summed E-state index contributed by atoms with van der Waals surface area (Å²) < 4.78 is 10.5. The van der Waals surface area contributed by atoms with Gasteiger partial charge >= 0.3 is 12.1 Å². The molecule has 7 heteroatoms. The van der Waals surface area contributed by atoms with Crippen LogP contribution in [0.4, 0.5) is 4.79 Å². The maximum absolute atomic E-state index is 12.6. The number of hydrogen-bond donors (Lipinski definition) is 2. The summed E-state index contributed by atoms with van der Waals surface area (Å²) in [6.07, 6.45) is 8.56. The molecular formula is C28H46N2O5. The Morgan fingerprint density at radius 1 is 1.09 bits per heavy atom. The summed E-state index contributed by atoms with van der Waals surface area (Å²) in [5.41, 5.74) is -0.401. The second kappa shape index (κ2) is 13.8. The van der Waals surface area contributed by atoms with Crippen molar-refractivity contribution in [1.29, 1.82) is 0 Å². The molecule has 198 valence electrons. The third-order valence-corrected chi connectivity index (χ3v) is 7.43. The summed E-state index contributed by atoms with van der Waals surface area (Å²) in [6, 6.07) is 7.28. The fraction of sp³-hybridized carbons (Fsp3) is 0.714. The van der Waals surface area contributed by atoms with Crippen molar-refractivity contribution < 1.29 is 24.2 Å². The smallest absolute Gasteiger partial charge is 0.412 e. The number of methoxy groups -OCH3 is 1. The maximum atomic E-state index is 12.6. The third kappa shape index (κ3) is 8.21. The van der Waals surface area contributed by atoms with E-state index in [1.807, 2.05) is 40.1 Å². The monoisotopic (exact) mass is 490 g/mol. The predicted molar refractivity (Wildman–Crippen MR) is 138 cm³/mol. The molecule has 0 aromatic heterocycles. The molecule has 1 aromatic rings. The molecule has 7 nitrogen and oxygen atoms in total. The first-order chi connectivity index (χ1) is 16.8. The lowest BCUT2D eigenvalue weighted by atomic mass is 9.71. The first kappa shape index (κ1) is 29.1. The molecule has 35 heavy (non-hydrogen) atoms. The van der Waals surface area contributed by atoms with Gasteiger partial charge in [-0.2, -0.15) is 0 Å². The number of rotatable bonds is 8. The standard InChI is InChI=1S/C26H40N2O5.C2H6/c1-28(2)18-21-10-5-8-15-26(21,31)20-11-9-12-22(16-20)33-24(30)27-19-25(17-23(29)32-3)13-6-4-7-14-25;1-2/h9,11-12,16,21,31H,4-8,10,13-15,17-19H2,1-3H3,(H,27,30);1-2H3/t21-,26+;/m1./s1. The van der Waals surface area contributed by atoms with Crippen LogP contribution in [-0.4, -0.2) is 56.4 Å². The Hall–Kier alpha value is -2.12. The maximum Gasteiger partial charge on any atom is 0.412 e. The number of hydrogen-bond acceptors (Lipinski definition) is 6. The number of amides is 1. The largest absolute Gasteiger partial charge is 0.469 e. The lowest BCUT2D eigenvalue weighted by molar-refractivity contribution is -0.144. The van der Waals surface area contributed by atoms with Gasteiger partial charge in [0.05, 0.1) is 19.1 Å². The van der Waals surface area contributed by atoms with Gasteiger partial charge in [-0.25, -0.2) is 4.79 Å². The molecule has 0 saturated heterocycles. The van der Waals surface area contributed by atoms with E-state index in [0.29, 0.717) is 25.1 Å². The summed E-state index contributed by atoms with van der Waals surface area (Å²) in [7, 11) is 5.45. The van der Waals surface area contributed by atoms with Crippen LogP contribution in [0.15, 0.2) is 24.3 Å². The van der Waals surface area contributed by atoms with E-state index in [9.17, 15) is 14.7 Å². The van der Waals surface area contributed by atoms with Gasteiger partial charge in [-0.1, -0.05) is 58.1 Å². The van der Waals surface area contributed by atoms with Crippen molar-refractivity contribution in [2.45, 2.75) is 83.7 Å². The van der Waals surface area contributed by atoms with E-state index >= 15 is 0 Å². The fourth-order valence-corrected chi connectivity index (χ4v) is 5.62. The van der Waals surface area contributed by atoms with Gasteiger partial charge < -0.3 is 24.8 Å².